The van der Waals surface area contributed by atoms with Crippen molar-refractivity contribution in [3.63, 3.8) is 0 Å². The second kappa shape index (κ2) is 2.99. The molecule has 2 nitrogen and oxygen atoms in total. The molecule has 0 amide bonds. The van der Waals surface area contributed by atoms with Gasteiger partial charge in [-0.3, -0.25) is 4.98 Å². The van der Waals surface area contributed by atoms with E-state index in [0.717, 1.165) is 11.4 Å². The number of aryl methyl sites for hydroxylation is 1. The molecule has 0 saturated heterocycles. The molecule has 0 fully saturated rings. The molecule has 0 spiro atoms. The Morgan fingerprint density at radius 3 is 2.80 bits per heavy atom. The quantitative estimate of drug-likeness (QED) is 0.670. The Hall–Kier alpha value is -0.600. The molecule has 0 radical (unpaired) electrons. The van der Waals surface area contributed by atoms with Gasteiger partial charge in [-0.25, -0.2) is 0 Å². The summed E-state index contributed by atoms with van der Waals surface area (Å²) in [7, 11) is 0. The predicted molar refractivity (Wildman–Crippen MR) is 41.9 cm³/mol. The van der Waals surface area contributed by atoms with Gasteiger partial charge in [0.1, 0.15) is 0 Å². The van der Waals surface area contributed by atoms with Crippen molar-refractivity contribution in [2.75, 3.05) is 0 Å². The van der Waals surface area contributed by atoms with Gasteiger partial charge in [-0.05, 0) is 19.1 Å². The van der Waals surface area contributed by atoms with Crippen molar-refractivity contribution in [1.82, 2.24) is 4.98 Å². The molecule has 2 N–H and O–H groups in total. The van der Waals surface area contributed by atoms with E-state index in [-0.39, 0.29) is 0 Å². The highest BCUT2D eigenvalue weighted by Gasteiger charge is 1.94. The molecule has 0 aromatic carbocycles. The summed E-state index contributed by atoms with van der Waals surface area (Å²) in [5.41, 5.74) is 7.11. The first-order valence-corrected chi connectivity index (χ1v) is 3.43. The average Bonchev–Trinajstić information content (AvgIpc) is 1.85. The zero-order valence-electron chi connectivity index (χ0n) is 5.76. The Kier molecular flexibility index (Phi) is 2.25. The standard InChI is InChI=1S/C7H9ClN2/c1-5-2-6(8)3-7(4-9)10-5/h2-3H,4,9H2,1H3. The maximum atomic E-state index is 5.73. The van der Waals surface area contributed by atoms with Gasteiger partial charge in [-0.1, -0.05) is 11.6 Å². The number of pyridine rings is 1. The number of hydrogen-bond acceptors (Lipinski definition) is 2. The van der Waals surface area contributed by atoms with E-state index in [1.54, 1.807) is 12.1 Å². The van der Waals surface area contributed by atoms with Crippen molar-refractivity contribution in [2.24, 2.45) is 5.73 Å². The monoisotopic (exact) mass is 156 g/mol. The SMILES string of the molecule is Cc1cc(Cl)cc(CN)n1. The maximum Gasteiger partial charge on any atom is 0.0557 e. The molecule has 0 aliphatic rings. The number of hydrogen-bond donors (Lipinski definition) is 1. The lowest BCUT2D eigenvalue weighted by atomic mass is 10.3. The highest BCUT2D eigenvalue weighted by molar-refractivity contribution is 6.30. The minimum atomic E-state index is 0.446. The van der Waals surface area contributed by atoms with Crippen molar-refractivity contribution in [3.8, 4) is 0 Å². The summed E-state index contributed by atoms with van der Waals surface area (Å²) in [5.74, 6) is 0. The summed E-state index contributed by atoms with van der Waals surface area (Å²) in [6.45, 7) is 2.34. The molecule has 1 heterocycles. The van der Waals surface area contributed by atoms with Crippen LogP contribution in [0.5, 0.6) is 0 Å². The Morgan fingerprint density at radius 1 is 1.60 bits per heavy atom. The van der Waals surface area contributed by atoms with Gasteiger partial charge in [0.2, 0.25) is 0 Å². The lowest BCUT2D eigenvalue weighted by Crippen LogP contribution is -1.99. The van der Waals surface area contributed by atoms with Crippen molar-refractivity contribution >= 4 is 11.6 Å². The van der Waals surface area contributed by atoms with Crippen LogP contribution in [0.4, 0.5) is 0 Å². The van der Waals surface area contributed by atoms with E-state index in [1.165, 1.54) is 0 Å². The Balaban J connectivity index is 3.06. The van der Waals surface area contributed by atoms with Gasteiger partial charge in [-0.15, -0.1) is 0 Å². The third-order valence-electron chi connectivity index (χ3n) is 1.18. The van der Waals surface area contributed by atoms with Crippen LogP contribution in [-0.4, -0.2) is 4.98 Å². The Bertz CT molecular complexity index is 215. The van der Waals surface area contributed by atoms with E-state index in [4.69, 9.17) is 17.3 Å². The average molecular weight is 157 g/mol. The molecule has 1 rings (SSSR count). The largest absolute Gasteiger partial charge is 0.325 e. The smallest absolute Gasteiger partial charge is 0.0557 e. The summed E-state index contributed by atoms with van der Waals surface area (Å²) in [6.07, 6.45) is 0. The second-order valence-electron chi connectivity index (χ2n) is 2.12. The lowest BCUT2D eigenvalue weighted by molar-refractivity contribution is 0.969. The van der Waals surface area contributed by atoms with Crippen LogP contribution in [0.3, 0.4) is 0 Å². The molecule has 0 atom stereocenters. The van der Waals surface area contributed by atoms with E-state index in [2.05, 4.69) is 4.98 Å². The van der Waals surface area contributed by atoms with E-state index in [0.29, 0.717) is 11.6 Å². The van der Waals surface area contributed by atoms with Crippen LogP contribution in [0.25, 0.3) is 0 Å². The highest BCUT2D eigenvalue weighted by Crippen LogP contribution is 2.10. The molecule has 3 heteroatoms. The van der Waals surface area contributed by atoms with Gasteiger partial charge < -0.3 is 5.73 Å². The number of nitrogens with two attached hydrogens (primary N) is 1. The van der Waals surface area contributed by atoms with E-state index in [1.807, 2.05) is 6.92 Å². The maximum absolute atomic E-state index is 5.73. The van der Waals surface area contributed by atoms with Crippen LogP contribution in [0.15, 0.2) is 12.1 Å². The summed E-state index contributed by atoms with van der Waals surface area (Å²) >= 11 is 5.73. The normalized spacial score (nSPS) is 9.90. The predicted octanol–water partition coefficient (Wildman–Crippen LogP) is 1.50. The molecular formula is C7H9ClN2. The Morgan fingerprint density at radius 2 is 2.30 bits per heavy atom. The number of rotatable bonds is 1. The van der Waals surface area contributed by atoms with Crippen LogP contribution in [0.2, 0.25) is 5.02 Å². The second-order valence-corrected chi connectivity index (χ2v) is 2.56. The van der Waals surface area contributed by atoms with Gasteiger partial charge in [0.05, 0.1) is 5.69 Å². The fraction of sp³-hybridized carbons (Fsp3) is 0.286. The van der Waals surface area contributed by atoms with Gasteiger partial charge in [0.15, 0.2) is 0 Å². The van der Waals surface area contributed by atoms with Crippen LogP contribution in [0, 0.1) is 6.92 Å². The number of nitrogens with zero attached hydrogens (tertiary/aromatic N) is 1. The van der Waals surface area contributed by atoms with Gasteiger partial charge in [-0.2, -0.15) is 0 Å². The Labute approximate surface area is 65.0 Å². The third-order valence-corrected chi connectivity index (χ3v) is 1.40. The molecule has 0 aliphatic heterocycles. The van der Waals surface area contributed by atoms with Crippen LogP contribution < -0.4 is 5.73 Å². The minimum Gasteiger partial charge on any atom is -0.325 e. The molecule has 0 saturated carbocycles. The molecule has 0 unspecified atom stereocenters. The van der Waals surface area contributed by atoms with E-state index in [9.17, 15) is 0 Å². The number of halogens is 1. The summed E-state index contributed by atoms with van der Waals surface area (Å²) < 4.78 is 0. The van der Waals surface area contributed by atoms with Crippen molar-refractivity contribution < 1.29 is 0 Å². The van der Waals surface area contributed by atoms with Crippen molar-refractivity contribution in [1.29, 1.82) is 0 Å². The molecular weight excluding hydrogens is 148 g/mol. The molecule has 1 aromatic heterocycles. The van der Waals surface area contributed by atoms with Crippen molar-refractivity contribution in [2.45, 2.75) is 13.5 Å². The first-order chi connectivity index (χ1) is 4.72. The van der Waals surface area contributed by atoms with Gasteiger partial charge >= 0.3 is 0 Å². The first kappa shape index (κ1) is 7.51. The highest BCUT2D eigenvalue weighted by atomic mass is 35.5. The van der Waals surface area contributed by atoms with Gasteiger partial charge in [0, 0.05) is 17.3 Å². The molecule has 54 valence electrons. The fourth-order valence-electron chi connectivity index (χ4n) is 0.796. The van der Waals surface area contributed by atoms with Gasteiger partial charge in [0.25, 0.3) is 0 Å². The van der Waals surface area contributed by atoms with Crippen LogP contribution in [-0.2, 0) is 6.54 Å². The van der Waals surface area contributed by atoms with Crippen LogP contribution in [0.1, 0.15) is 11.4 Å². The summed E-state index contributed by atoms with van der Waals surface area (Å²) in [4.78, 5) is 4.14. The van der Waals surface area contributed by atoms with Crippen molar-refractivity contribution in [3.05, 3.63) is 28.5 Å². The minimum absolute atomic E-state index is 0.446. The molecule has 0 aliphatic carbocycles. The topological polar surface area (TPSA) is 38.9 Å². The molecule has 0 bridgehead atoms. The van der Waals surface area contributed by atoms with E-state index < -0.39 is 0 Å². The summed E-state index contributed by atoms with van der Waals surface area (Å²) in [6, 6.07) is 3.58. The first-order valence-electron chi connectivity index (χ1n) is 3.05. The number of aromatic nitrogens is 1. The third kappa shape index (κ3) is 1.69. The lowest BCUT2D eigenvalue weighted by Gasteiger charge is -1.97. The van der Waals surface area contributed by atoms with E-state index >= 15 is 0 Å². The zero-order valence-corrected chi connectivity index (χ0v) is 6.52. The summed E-state index contributed by atoms with van der Waals surface area (Å²) in [5, 5.41) is 0.702. The zero-order chi connectivity index (χ0) is 7.56. The molecule has 10 heavy (non-hydrogen) atoms. The fourth-order valence-corrected chi connectivity index (χ4v) is 1.08. The molecule has 1 aromatic rings. The van der Waals surface area contributed by atoms with Crippen LogP contribution >= 0.6 is 11.6 Å².